The molecule has 0 spiro atoms. The number of hydrogen-bond acceptors (Lipinski definition) is 5. The molecule has 0 aromatic heterocycles. The average molecular weight is 434 g/mol. The molecule has 1 amide bonds. The van der Waals surface area contributed by atoms with E-state index in [1.54, 1.807) is 0 Å². The largest absolute Gasteiger partial charge is 0.493 e. The molecule has 0 aliphatic carbocycles. The third kappa shape index (κ3) is 4.91. The van der Waals surface area contributed by atoms with Gasteiger partial charge >= 0.3 is 0 Å². The smallest absolute Gasteiger partial charge is 0.259 e. The first-order valence-corrected chi connectivity index (χ1v) is 9.97. The van der Waals surface area contributed by atoms with Gasteiger partial charge in [0.25, 0.3) is 5.91 Å². The van der Waals surface area contributed by atoms with E-state index >= 15 is 0 Å². The second-order valence-electron chi connectivity index (χ2n) is 6.06. The molecule has 3 aromatic carbocycles. The van der Waals surface area contributed by atoms with E-state index < -0.39 is 27.6 Å². The molecule has 0 atom stereocenters. The highest BCUT2D eigenvalue weighted by Gasteiger charge is 2.18. The number of sulfonamides is 1. The van der Waals surface area contributed by atoms with Crippen LogP contribution in [0.4, 0.5) is 14.5 Å². The fourth-order valence-electron chi connectivity index (χ4n) is 2.56. The van der Waals surface area contributed by atoms with E-state index in [9.17, 15) is 22.0 Å². The fourth-order valence-corrected chi connectivity index (χ4v) is 3.12. The van der Waals surface area contributed by atoms with Crippen LogP contribution in [-0.2, 0) is 10.0 Å². The Kier molecular flexibility index (Phi) is 5.99. The third-order valence-corrected chi connectivity index (χ3v) is 4.86. The fraction of sp³-hybridized carbons (Fsp3) is 0.0500. The number of benzene rings is 3. The lowest BCUT2D eigenvalue weighted by Gasteiger charge is -2.14. The first kappa shape index (κ1) is 21.2. The molecule has 0 radical (unpaired) electrons. The number of ether oxygens (including phenoxy) is 2. The van der Waals surface area contributed by atoms with Crippen LogP contribution in [0.5, 0.6) is 17.2 Å². The van der Waals surface area contributed by atoms with Crippen LogP contribution in [0.15, 0.2) is 65.6 Å². The molecule has 3 N–H and O–H groups in total. The summed E-state index contributed by atoms with van der Waals surface area (Å²) in [6, 6.07) is 12.1. The summed E-state index contributed by atoms with van der Waals surface area (Å²) in [6.45, 7) is 0. The Morgan fingerprint density at radius 1 is 0.933 bits per heavy atom. The van der Waals surface area contributed by atoms with E-state index in [0.717, 1.165) is 30.3 Å². The van der Waals surface area contributed by atoms with Crippen molar-refractivity contribution in [2.24, 2.45) is 5.14 Å². The molecule has 156 valence electrons. The molecule has 0 heterocycles. The topological polar surface area (TPSA) is 108 Å². The maximum Gasteiger partial charge on any atom is 0.259 e. The minimum absolute atomic E-state index is 0.0265. The van der Waals surface area contributed by atoms with Gasteiger partial charge in [-0.15, -0.1) is 0 Å². The van der Waals surface area contributed by atoms with Crippen molar-refractivity contribution < 1.29 is 31.5 Å². The quantitative estimate of drug-likeness (QED) is 0.616. The summed E-state index contributed by atoms with van der Waals surface area (Å²) < 4.78 is 60.9. The number of halogens is 2. The highest BCUT2D eigenvalue weighted by molar-refractivity contribution is 7.89. The van der Waals surface area contributed by atoms with Crippen molar-refractivity contribution in [2.45, 2.75) is 4.90 Å². The molecule has 3 aromatic rings. The summed E-state index contributed by atoms with van der Waals surface area (Å²) in [4.78, 5) is 12.5. The van der Waals surface area contributed by atoms with Crippen LogP contribution in [-0.4, -0.2) is 21.4 Å². The highest BCUT2D eigenvalue weighted by atomic mass is 32.2. The van der Waals surface area contributed by atoms with Crippen LogP contribution in [0.2, 0.25) is 0 Å². The number of nitrogens with two attached hydrogens (primary N) is 1. The predicted octanol–water partition coefficient (Wildman–Crippen LogP) is 3.67. The van der Waals surface area contributed by atoms with E-state index in [0.29, 0.717) is 0 Å². The lowest BCUT2D eigenvalue weighted by Crippen LogP contribution is -2.15. The molecule has 0 aliphatic rings. The molecular weight excluding hydrogens is 418 g/mol. The van der Waals surface area contributed by atoms with Gasteiger partial charge in [0.2, 0.25) is 10.0 Å². The van der Waals surface area contributed by atoms with Crippen molar-refractivity contribution >= 4 is 21.6 Å². The molecule has 7 nitrogen and oxygen atoms in total. The van der Waals surface area contributed by atoms with Gasteiger partial charge in [-0.25, -0.2) is 22.3 Å². The van der Waals surface area contributed by atoms with Gasteiger partial charge in [0.1, 0.15) is 17.4 Å². The minimum Gasteiger partial charge on any atom is -0.493 e. The lowest BCUT2D eigenvalue weighted by atomic mass is 10.1. The highest BCUT2D eigenvalue weighted by Crippen LogP contribution is 2.34. The second kappa shape index (κ2) is 8.47. The van der Waals surface area contributed by atoms with Gasteiger partial charge < -0.3 is 14.8 Å². The molecule has 0 fully saturated rings. The molecule has 0 saturated carbocycles. The predicted molar refractivity (Wildman–Crippen MR) is 105 cm³/mol. The van der Waals surface area contributed by atoms with E-state index in [-0.39, 0.29) is 33.4 Å². The maximum atomic E-state index is 13.8. The van der Waals surface area contributed by atoms with Crippen LogP contribution < -0.4 is 19.9 Å². The number of anilines is 1. The normalized spacial score (nSPS) is 11.1. The van der Waals surface area contributed by atoms with Crippen molar-refractivity contribution in [1.29, 1.82) is 0 Å². The molecule has 10 heteroatoms. The zero-order valence-corrected chi connectivity index (χ0v) is 16.4. The number of rotatable bonds is 6. The van der Waals surface area contributed by atoms with E-state index in [4.69, 9.17) is 14.6 Å². The summed E-state index contributed by atoms with van der Waals surface area (Å²) >= 11 is 0. The number of nitrogens with one attached hydrogen (secondary N) is 1. The number of amides is 1. The van der Waals surface area contributed by atoms with Crippen LogP contribution >= 0.6 is 0 Å². The molecule has 3 rings (SSSR count). The molecule has 0 saturated heterocycles. The Balaban J connectivity index is 1.93. The van der Waals surface area contributed by atoms with Gasteiger partial charge in [0, 0.05) is 11.8 Å². The summed E-state index contributed by atoms with van der Waals surface area (Å²) in [5.41, 5.74) is -0.0523. The first-order valence-electron chi connectivity index (χ1n) is 8.42. The monoisotopic (exact) mass is 434 g/mol. The molecule has 0 bridgehead atoms. The summed E-state index contributed by atoms with van der Waals surface area (Å²) in [5.74, 6) is -1.86. The van der Waals surface area contributed by atoms with E-state index in [1.807, 2.05) is 0 Å². The number of methoxy groups -OCH3 is 1. The molecule has 30 heavy (non-hydrogen) atoms. The molecule has 0 aliphatic heterocycles. The summed E-state index contributed by atoms with van der Waals surface area (Å²) in [5, 5.41) is 7.55. The number of carbonyl (C=O) groups is 1. The maximum absolute atomic E-state index is 13.8. The van der Waals surface area contributed by atoms with Gasteiger partial charge in [-0.05, 0) is 48.5 Å². The first-order chi connectivity index (χ1) is 14.2. The van der Waals surface area contributed by atoms with Crippen LogP contribution in [0, 0.1) is 11.6 Å². The second-order valence-corrected chi connectivity index (χ2v) is 7.63. The van der Waals surface area contributed by atoms with Crippen LogP contribution in [0.3, 0.4) is 0 Å². The van der Waals surface area contributed by atoms with Crippen molar-refractivity contribution in [3.63, 3.8) is 0 Å². The van der Waals surface area contributed by atoms with E-state index in [1.165, 1.54) is 37.4 Å². The Labute approximate surface area is 171 Å². The SMILES string of the molecule is COc1cc(F)ccc1Oc1ccc(F)cc1C(=O)Nc1cccc(S(N)(=O)=O)c1. The standard InChI is InChI=1S/C20H16F2N2O5S/c1-28-19-10-13(22)6-8-18(19)29-17-7-5-12(21)9-16(17)20(25)24-14-3-2-4-15(11-14)30(23,26)27/h2-11H,1H3,(H,24,25)(H2,23,26,27). The van der Waals surface area contributed by atoms with Gasteiger partial charge in [0.05, 0.1) is 17.6 Å². The van der Waals surface area contributed by atoms with Gasteiger partial charge in [-0.1, -0.05) is 6.07 Å². The van der Waals surface area contributed by atoms with Crippen molar-refractivity contribution in [1.82, 2.24) is 0 Å². The Morgan fingerprint density at radius 3 is 2.27 bits per heavy atom. The number of hydrogen-bond donors (Lipinski definition) is 2. The average Bonchev–Trinajstić information content (AvgIpc) is 2.70. The molecule has 0 unspecified atom stereocenters. The number of carbonyl (C=O) groups excluding carboxylic acids is 1. The van der Waals surface area contributed by atoms with E-state index in [2.05, 4.69) is 5.32 Å². The summed E-state index contributed by atoms with van der Waals surface area (Å²) in [6.07, 6.45) is 0. The number of primary sulfonamides is 1. The molecular formula is C20H16F2N2O5S. The minimum atomic E-state index is -3.97. The van der Waals surface area contributed by atoms with Crippen molar-refractivity contribution in [3.8, 4) is 17.2 Å². The zero-order chi connectivity index (χ0) is 21.9. The van der Waals surface area contributed by atoms with Gasteiger partial charge in [-0.2, -0.15) is 0 Å². The Hall–Kier alpha value is -3.50. The van der Waals surface area contributed by atoms with Crippen LogP contribution in [0.1, 0.15) is 10.4 Å². The van der Waals surface area contributed by atoms with Crippen molar-refractivity contribution in [2.75, 3.05) is 12.4 Å². The Bertz CT molecular complexity index is 1220. The summed E-state index contributed by atoms with van der Waals surface area (Å²) in [7, 11) is -2.66. The lowest BCUT2D eigenvalue weighted by molar-refractivity contribution is 0.102. The van der Waals surface area contributed by atoms with Crippen molar-refractivity contribution in [3.05, 3.63) is 77.9 Å². The third-order valence-electron chi connectivity index (χ3n) is 3.95. The zero-order valence-electron chi connectivity index (χ0n) is 15.6. The van der Waals surface area contributed by atoms with Gasteiger partial charge in [0.15, 0.2) is 11.5 Å². The Morgan fingerprint density at radius 2 is 1.60 bits per heavy atom. The van der Waals surface area contributed by atoms with Crippen LogP contribution in [0.25, 0.3) is 0 Å². The van der Waals surface area contributed by atoms with Gasteiger partial charge in [-0.3, -0.25) is 4.79 Å².